The van der Waals surface area contributed by atoms with E-state index in [0.717, 1.165) is 43.7 Å². The second kappa shape index (κ2) is 9.88. The van der Waals surface area contributed by atoms with Gasteiger partial charge in [-0.05, 0) is 42.6 Å². The third-order valence-corrected chi connectivity index (χ3v) is 5.69. The van der Waals surface area contributed by atoms with Crippen LogP contribution < -0.4 is 5.32 Å². The number of benzene rings is 2. The van der Waals surface area contributed by atoms with Gasteiger partial charge in [-0.15, -0.1) is 0 Å². The molecule has 1 aromatic heterocycles. The summed E-state index contributed by atoms with van der Waals surface area (Å²) in [5.41, 5.74) is 3.20. The average molecular weight is 419 g/mol. The van der Waals surface area contributed by atoms with Crippen molar-refractivity contribution in [1.29, 1.82) is 0 Å². The zero-order valence-electron chi connectivity index (χ0n) is 18.3. The maximum atomic E-state index is 12.8. The normalized spacial score (nSPS) is 17.1. The van der Waals surface area contributed by atoms with Crippen LogP contribution in [0.3, 0.4) is 0 Å². The van der Waals surface area contributed by atoms with Crippen LogP contribution in [0.25, 0.3) is 0 Å². The van der Waals surface area contributed by atoms with Crippen LogP contribution >= 0.6 is 0 Å². The topological polar surface area (TPSA) is 71.3 Å². The summed E-state index contributed by atoms with van der Waals surface area (Å²) in [4.78, 5) is 19.6. The van der Waals surface area contributed by atoms with E-state index in [0.29, 0.717) is 18.1 Å². The zero-order chi connectivity index (χ0) is 21.6. The Morgan fingerprint density at radius 1 is 1.13 bits per heavy atom. The Kier molecular flexibility index (Phi) is 6.77. The number of amides is 1. The minimum Gasteiger partial charge on any atom is -0.339 e. The lowest BCUT2D eigenvalue weighted by atomic mass is 9.96. The maximum absolute atomic E-state index is 12.8. The van der Waals surface area contributed by atoms with Crippen LogP contribution in [0, 0.1) is 5.92 Å². The molecule has 0 saturated carbocycles. The summed E-state index contributed by atoms with van der Waals surface area (Å²) in [6, 6.07) is 18.3. The van der Waals surface area contributed by atoms with Gasteiger partial charge in [-0.2, -0.15) is 4.98 Å². The quantitative estimate of drug-likeness (QED) is 0.605. The van der Waals surface area contributed by atoms with E-state index in [-0.39, 0.29) is 17.7 Å². The summed E-state index contributed by atoms with van der Waals surface area (Å²) < 4.78 is 5.27. The fourth-order valence-electron chi connectivity index (χ4n) is 3.96. The summed E-state index contributed by atoms with van der Waals surface area (Å²) in [5.74, 6) is 1.69. The first kappa shape index (κ1) is 21.2. The molecule has 1 fully saturated rings. The number of anilines is 1. The Labute approximate surface area is 183 Å². The Bertz CT molecular complexity index is 982. The Morgan fingerprint density at radius 3 is 2.61 bits per heavy atom. The van der Waals surface area contributed by atoms with Crippen molar-refractivity contribution in [3.8, 4) is 0 Å². The number of hydrogen-bond donors (Lipinski definition) is 1. The van der Waals surface area contributed by atoms with Crippen molar-refractivity contribution in [3.63, 3.8) is 0 Å². The van der Waals surface area contributed by atoms with E-state index in [9.17, 15) is 4.79 Å². The molecule has 6 nitrogen and oxygen atoms in total. The van der Waals surface area contributed by atoms with Gasteiger partial charge in [0, 0.05) is 31.1 Å². The lowest BCUT2D eigenvalue weighted by Gasteiger charge is -2.32. The first-order chi connectivity index (χ1) is 15.1. The highest BCUT2D eigenvalue weighted by Crippen LogP contribution is 2.21. The zero-order valence-corrected chi connectivity index (χ0v) is 18.3. The smallest absolute Gasteiger partial charge is 0.229 e. The first-order valence-corrected chi connectivity index (χ1v) is 11.1. The SMILES string of the molecule is CC(C)c1nc(Cc2ccc(NC(=O)C3CCCN(Cc4ccccc4)C3)cc2)no1. The molecule has 1 aliphatic rings. The number of hydrogen-bond acceptors (Lipinski definition) is 5. The highest BCUT2D eigenvalue weighted by molar-refractivity contribution is 5.92. The van der Waals surface area contributed by atoms with Crippen molar-refractivity contribution >= 4 is 11.6 Å². The largest absolute Gasteiger partial charge is 0.339 e. The van der Waals surface area contributed by atoms with Crippen molar-refractivity contribution in [3.05, 3.63) is 77.4 Å². The Hall–Kier alpha value is -2.99. The highest BCUT2D eigenvalue weighted by atomic mass is 16.5. The number of carbonyl (C=O) groups excluding carboxylic acids is 1. The third-order valence-electron chi connectivity index (χ3n) is 5.69. The van der Waals surface area contributed by atoms with E-state index in [4.69, 9.17) is 4.52 Å². The van der Waals surface area contributed by atoms with E-state index >= 15 is 0 Å². The van der Waals surface area contributed by atoms with Crippen molar-refractivity contribution in [2.75, 3.05) is 18.4 Å². The summed E-state index contributed by atoms with van der Waals surface area (Å²) in [6.07, 6.45) is 2.60. The van der Waals surface area contributed by atoms with Crippen LogP contribution in [-0.2, 0) is 17.8 Å². The predicted octanol–water partition coefficient (Wildman–Crippen LogP) is 4.63. The summed E-state index contributed by atoms with van der Waals surface area (Å²) in [6.45, 7) is 6.80. The molecule has 31 heavy (non-hydrogen) atoms. The molecule has 1 amide bonds. The van der Waals surface area contributed by atoms with Crippen molar-refractivity contribution in [2.24, 2.45) is 5.92 Å². The number of nitrogens with zero attached hydrogens (tertiary/aromatic N) is 3. The monoisotopic (exact) mass is 418 g/mol. The third kappa shape index (κ3) is 5.79. The predicted molar refractivity (Wildman–Crippen MR) is 121 cm³/mol. The minimum absolute atomic E-state index is 0.0194. The van der Waals surface area contributed by atoms with Gasteiger partial charge in [-0.3, -0.25) is 9.69 Å². The Balaban J connectivity index is 1.30. The van der Waals surface area contributed by atoms with Crippen LogP contribution in [0.15, 0.2) is 59.1 Å². The van der Waals surface area contributed by atoms with Gasteiger partial charge in [-0.25, -0.2) is 0 Å². The van der Waals surface area contributed by atoms with Crippen LogP contribution in [0.1, 0.15) is 55.4 Å². The van der Waals surface area contributed by atoms with Gasteiger partial charge in [0.05, 0.1) is 5.92 Å². The standard InChI is InChI=1S/C25H30N4O2/c1-18(2)25-27-23(28-31-25)15-19-10-12-22(13-11-19)26-24(30)21-9-6-14-29(17-21)16-20-7-4-3-5-8-20/h3-5,7-8,10-13,18,21H,6,9,14-17H2,1-2H3,(H,26,30). The van der Waals surface area contributed by atoms with Gasteiger partial charge in [0.1, 0.15) is 0 Å². The number of carbonyl (C=O) groups is 1. The molecule has 1 aliphatic heterocycles. The van der Waals surface area contributed by atoms with E-state index in [1.54, 1.807) is 0 Å². The highest BCUT2D eigenvalue weighted by Gasteiger charge is 2.25. The van der Waals surface area contributed by atoms with E-state index in [1.165, 1.54) is 5.56 Å². The number of aromatic nitrogens is 2. The van der Waals surface area contributed by atoms with Gasteiger partial charge in [-0.1, -0.05) is 61.5 Å². The molecular weight excluding hydrogens is 388 g/mol. The number of likely N-dealkylation sites (tertiary alicyclic amines) is 1. The maximum Gasteiger partial charge on any atom is 0.229 e. The average Bonchev–Trinajstić information content (AvgIpc) is 3.25. The molecule has 1 unspecified atom stereocenters. The van der Waals surface area contributed by atoms with Gasteiger partial charge < -0.3 is 9.84 Å². The molecule has 0 spiro atoms. The lowest BCUT2D eigenvalue weighted by Crippen LogP contribution is -2.40. The molecule has 2 aromatic carbocycles. The number of nitrogens with one attached hydrogen (secondary N) is 1. The Morgan fingerprint density at radius 2 is 1.90 bits per heavy atom. The molecule has 0 bridgehead atoms. The van der Waals surface area contributed by atoms with Crippen LogP contribution in [-0.4, -0.2) is 34.0 Å². The minimum atomic E-state index is 0.0194. The molecule has 6 heteroatoms. The lowest BCUT2D eigenvalue weighted by molar-refractivity contribution is -0.121. The number of rotatable bonds is 7. The van der Waals surface area contributed by atoms with Crippen molar-refractivity contribution in [1.82, 2.24) is 15.0 Å². The molecule has 0 radical (unpaired) electrons. The van der Waals surface area contributed by atoms with Crippen LogP contribution in [0.4, 0.5) is 5.69 Å². The molecule has 1 saturated heterocycles. The molecule has 2 heterocycles. The van der Waals surface area contributed by atoms with E-state index in [1.807, 2.05) is 44.2 Å². The van der Waals surface area contributed by atoms with Gasteiger partial charge in [0.15, 0.2) is 5.82 Å². The fraction of sp³-hybridized carbons (Fsp3) is 0.400. The summed E-state index contributed by atoms with van der Waals surface area (Å²) >= 11 is 0. The summed E-state index contributed by atoms with van der Waals surface area (Å²) in [7, 11) is 0. The van der Waals surface area contributed by atoms with Crippen molar-refractivity contribution in [2.45, 2.75) is 45.6 Å². The van der Waals surface area contributed by atoms with Gasteiger partial charge in [0.2, 0.25) is 11.8 Å². The molecular formula is C25H30N4O2. The molecule has 0 aliphatic carbocycles. The molecule has 1 atom stereocenters. The molecule has 4 rings (SSSR count). The van der Waals surface area contributed by atoms with Crippen LogP contribution in [0.2, 0.25) is 0 Å². The number of piperidine rings is 1. The second-order valence-electron chi connectivity index (χ2n) is 8.63. The van der Waals surface area contributed by atoms with E-state index < -0.39 is 0 Å². The molecule has 3 aromatic rings. The second-order valence-corrected chi connectivity index (χ2v) is 8.63. The molecule has 162 valence electrons. The van der Waals surface area contributed by atoms with Gasteiger partial charge in [0.25, 0.3) is 0 Å². The van der Waals surface area contributed by atoms with E-state index in [2.05, 4.69) is 44.6 Å². The summed E-state index contributed by atoms with van der Waals surface area (Å²) in [5, 5.41) is 7.13. The van der Waals surface area contributed by atoms with Gasteiger partial charge >= 0.3 is 0 Å². The fourth-order valence-corrected chi connectivity index (χ4v) is 3.96. The molecule has 1 N–H and O–H groups in total. The van der Waals surface area contributed by atoms with Crippen molar-refractivity contribution < 1.29 is 9.32 Å². The van der Waals surface area contributed by atoms with Crippen LogP contribution in [0.5, 0.6) is 0 Å². The first-order valence-electron chi connectivity index (χ1n) is 11.1.